The van der Waals surface area contributed by atoms with Crippen molar-refractivity contribution in [1.82, 2.24) is 9.80 Å². The molecule has 0 spiro atoms. The molecule has 0 atom stereocenters. The lowest BCUT2D eigenvalue weighted by atomic mass is 10.2. The highest BCUT2D eigenvalue weighted by molar-refractivity contribution is 5.92. The van der Waals surface area contributed by atoms with E-state index in [9.17, 15) is 9.59 Å². The van der Waals surface area contributed by atoms with Crippen LogP contribution in [0.1, 0.15) is 16.1 Å². The molecule has 3 amide bonds. The van der Waals surface area contributed by atoms with Crippen LogP contribution in [-0.4, -0.2) is 47.9 Å². The zero-order valence-corrected chi connectivity index (χ0v) is 12.9. The summed E-state index contributed by atoms with van der Waals surface area (Å²) in [5.74, 6) is 0.151. The van der Waals surface area contributed by atoms with Gasteiger partial charge in [-0.1, -0.05) is 0 Å². The fraction of sp³-hybridized carbons (Fsp3) is 0.235. The number of anilines is 1. The predicted octanol–water partition coefficient (Wildman–Crippen LogP) is 2.14. The average molecular weight is 324 g/mol. The number of rotatable bonds is 2. The molecule has 0 radical (unpaired) electrons. The van der Waals surface area contributed by atoms with Gasteiger partial charge < -0.3 is 19.5 Å². The van der Waals surface area contributed by atoms with Gasteiger partial charge in [-0.2, -0.15) is 5.26 Å². The van der Waals surface area contributed by atoms with Gasteiger partial charge in [0.05, 0.1) is 17.9 Å². The number of furan rings is 1. The number of nitrogens with zero attached hydrogens (tertiary/aromatic N) is 3. The molecule has 1 aliphatic heterocycles. The molecule has 3 rings (SSSR count). The van der Waals surface area contributed by atoms with Crippen molar-refractivity contribution in [1.29, 1.82) is 5.26 Å². The minimum atomic E-state index is -0.218. The van der Waals surface area contributed by atoms with Gasteiger partial charge in [-0.05, 0) is 36.4 Å². The quantitative estimate of drug-likeness (QED) is 0.916. The number of urea groups is 1. The molecular formula is C17H16N4O3. The highest BCUT2D eigenvalue weighted by Gasteiger charge is 2.26. The largest absolute Gasteiger partial charge is 0.459 e. The van der Waals surface area contributed by atoms with E-state index >= 15 is 0 Å². The Kier molecular flexibility index (Phi) is 4.47. The van der Waals surface area contributed by atoms with Crippen LogP contribution in [0.4, 0.5) is 10.5 Å². The second-order valence-electron chi connectivity index (χ2n) is 5.38. The lowest BCUT2D eigenvalue weighted by molar-refractivity contribution is 0.0640. The molecule has 7 nitrogen and oxygen atoms in total. The summed E-state index contributed by atoms with van der Waals surface area (Å²) in [6, 6.07) is 11.8. The van der Waals surface area contributed by atoms with Crippen molar-refractivity contribution in [3.63, 3.8) is 0 Å². The monoisotopic (exact) mass is 324 g/mol. The molecule has 0 bridgehead atoms. The Balaban J connectivity index is 1.53. The van der Waals surface area contributed by atoms with Crippen molar-refractivity contribution in [2.45, 2.75) is 0 Å². The maximum absolute atomic E-state index is 12.3. The van der Waals surface area contributed by atoms with E-state index in [1.807, 2.05) is 6.07 Å². The van der Waals surface area contributed by atoms with Gasteiger partial charge in [0, 0.05) is 31.9 Å². The van der Waals surface area contributed by atoms with Gasteiger partial charge in [0.2, 0.25) is 0 Å². The number of hydrogen-bond acceptors (Lipinski definition) is 4. The van der Waals surface area contributed by atoms with Crippen LogP contribution in [0.15, 0.2) is 47.1 Å². The molecule has 1 aliphatic rings. The summed E-state index contributed by atoms with van der Waals surface area (Å²) in [7, 11) is 0. The number of nitriles is 1. The molecule has 2 heterocycles. The smallest absolute Gasteiger partial charge is 0.321 e. The van der Waals surface area contributed by atoms with E-state index in [1.54, 1.807) is 46.2 Å². The first kappa shape index (κ1) is 15.6. The molecule has 1 aromatic heterocycles. The lowest BCUT2D eigenvalue weighted by Gasteiger charge is -2.34. The van der Waals surface area contributed by atoms with E-state index in [1.165, 1.54) is 6.26 Å². The summed E-state index contributed by atoms with van der Waals surface area (Å²) >= 11 is 0. The van der Waals surface area contributed by atoms with E-state index in [0.29, 0.717) is 43.2 Å². The topological polar surface area (TPSA) is 89.6 Å². The first-order chi connectivity index (χ1) is 11.7. The molecular weight excluding hydrogens is 308 g/mol. The van der Waals surface area contributed by atoms with Gasteiger partial charge in [0.1, 0.15) is 0 Å². The first-order valence-electron chi connectivity index (χ1n) is 7.56. The molecule has 0 aliphatic carbocycles. The Morgan fingerprint density at radius 2 is 1.71 bits per heavy atom. The number of nitrogens with one attached hydrogen (secondary N) is 1. The Morgan fingerprint density at radius 3 is 2.29 bits per heavy atom. The molecule has 24 heavy (non-hydrogen) atoms. The van der Waals surface area contributed by atoms with Gasteiger partial charge in [0.15, 0.2) is 5.76 Å². The van der Waals surface area contributed by atoms with Crippen LogP contribution >= 0.6 is 0 Å². The number of amides is 3. The van der Waals surface area contributed by atoms with E-state index in [0.717, 1.165) is 0 Å². The van der Waals surface area contributed by atoms with E-state index < -0.39 is 0 Å². The standard InChI is InChI=1S/C17H16N4O3/c18-12-13-3-5-14(6-4-13)19-17(23)21-9-7-20(8-10-21)16(22)15-2-1-11-24-15/h1-6,11H,7-10H2,(H,19,23). The molecule has 1 fully saturated rings. The molecule has 1 saturated heterocycles. The average Bonchev–Trinajstić information content (AvgIpc) is 3.16. The minimum Gasteiger partial charge on any atom is -0.459 e. The van der Waals surface area contributed by atoms with Gasteiger partial charge >= 0.3 is 6.03 Å². The summed E-state index contributed by atoms with van der Waals surface area (Å²) < 4.78 is 5.11. The number of hydrogen-bond donors (Lipinski definition) is 1. The zero-order chi connectivity index (χ0) is 16.9. The van der Waals surface area contributed by atoms with Gasteiger partial charge in [-0.15, -0.1) is 0 Å². The maximum atomic E-state index is 12.3. The molecule has 122 valence electrons. The Hall–Kier alpha value is -3.27. The van der Waals surface area contributed by atoms with E-state index in [2.05, 4.69) is 5.32 Å². The molecule has 7 heteroatoms. The van der Waals surface area contributed by atoms with Gasteiger partial charge in [-0.25, -0.2) is 4.79 Å². The second kappa shape index (κ2) is 6.87. The van der Waals surface area contributed by atoms with Gasteiger partial charge in [-0.3, -0.25) is 4.79 Å². The van der Waals surface area contributed by atoms with Crippen molar-refractivity contribution >= 4 is 17.6 Å². The van der Waals surface area contributed by atoms with Crippen LogP contribution in [0.5, 0.6) is 0 Å². The van der Waals surface area contributed by atoms with Crippen LogP contribution < -0.4 is 5.32 Å². The first-order valence-corrected chi connectivity index (χ1v) is 7.56. The lowest BCUT2D eigenvalue weighted by Crippen LogP contribution is -2.51. The summed E-state index contributed by atoms with van der Waals surface area (Å²) in [5, 5.41) is 11.6. The van der Waals surface area contributed by atoms with Gasteiger partial charge in [0.25, 0.3) is 5.91 Å². The molecule has 1 aromatic carbocycles. The molecule has 1 N–H and O–H groups in total. The normalized spacial score (nSPS) is 14.1. The van der Waals surface area contributed by atoms with Crippen molar-refractivity contribution in [2.75, 3.05) is 31.5 Å². The summed E-state index contributed by atoms with van der Waals surface area (Å²) in [6.07, 6.45) is 1.47. The summed E-state index contributed by atoms with van der Waals surface area (Å²) in [4.78, 5) is 27.8. The third kappa shape index (κ3) is 3.38. The zero-order valence-electron chi connectivity index (χ0n) is 12.9. The predicted molar refractivity (Wildman–Crippen MR) is 86.4 cm³/mol. The van der Waals surface area contributed by atoms with Crippen molar-refractivity contribution in [2.24, 2.45) is 0 Å². The van der Waals surface area contributed by atoms with Crippen LogP contribution in [0.2, 0.25) is 0 Å². The van der Waals surface area contributed by atoms with E-state index in [4.69, 9.17) is 9.68 Å². The Morgan fingerprint density at radius 1 is 1.04 bits per heavy atom. The fourth-order valence-corrected chi connectivity index (χ4v) is 2.50. The Labute approximate surface area is 139 Å². The molecule has 0 saturated carbocycles. The highest BCUT2D eigenvalue weighted by Crippen LogP contribution is 2.12. The summed E-state index contributed by atoms with van der Waals surface area (Å²) in [5.41, 5.74) is 1.17. The number of carbonyl (C=O) groups excluding carboxylic acids is 2. The number of piperazine rings is 1. The van der Waals surface area contributed by atoms with Crippen molar-refractivity contribution in [3.8, 4) is 6.07 Å². The van der Waals surface area contributed by atoms with Crippen LogP contribution in [0.3, 0.4) is 0 Å². The maximum Gasteiger partial charge on any atom is 0.321 e. The second-order valence-corrected chi connectivity index (χ2v) is 5.38. The highest BCUT2D eigenvalue weighted by atomic mass is 16.3. The van der Waals surface area contributed by atoms with Crippen LogP contribution in [-0.2, 0) is 0 Å². The Bertz CT molecular complexity index is 754. The number of benzene rings is 1. The van der Waals surface area contributed by atoms with E-state index in [-0.39, 0.29) is 11.9 Å². The van der Waals surface area contributed by atoms with Crippen molar-refractivity contribution < 1.29 is 14.0 Å². The molecule has 0 unspecified atom stereocenters. The molecule has 2 aromatic rings. The third-order valence-corrected chi connectivity index (χ3v) is 3.85. The fourth-order valence-electron chi connectivity index (χ4n) is 2.50. The minimum absolute atomic E-state index is 0.160. The third-order valence-electron chi connectivity index (χ3n) is 3.85. The number of carbonyl (C=O) groups is 2. The SMILES string of the molecule is N#Cc1ccc(NC(=O)N2CCN(C(=O)c3ccco3)CC2)cc1. The van der Waals surface area contributed by atoms with Crippen LogP contribution in [0.25, 0.3) is 0 Å². The van der Waals surface area contributed by atoms with Crippen molar-refractivity contribution in [3.05, 3.63) is 54.0 Å². The summed E-state index contributed by atoms with van der Waals surface area (Å²) in [6.45, 7) is 1.82. The van der Waals surface area contributed by atoms with Crippen LogP contribution in [0, 0.1) is 11.3 Å².